The van der Waals surface area contributed by atoms with Gasteiger partial charge in [-0.2, -0.15) is 0 Å². The second kappa shape index (κ2) is 5.84. The van der Waals surface area contributed by atoms with E-state index in [1.807, 2.05) is 0 Å². The average Bonchev–Trinajstić information content (AvgIpc) is 2.75. The van der Waals surface area contributed by atoms with Crippen molar-refractivity contribution in [3.05, 3.63) is 48.6 Å². The zero-order valence-electron chi connectivity index (χ0n) is 13.1. The summed E-state index contributed by atoms with van der Waals surface area (Å²) in [5.41, 5.74) is 4.81. The van der Waals surface area contributed by atoms with E-state index in [2.05, 4.69) is 5.32 Å². The summed E-state index contributed by atoms with van der Waals surface area (Å²) in [4.78, 5) is 48.5. The summed E-state index contributed by atoms with van der Waals surface area (Å²) in [6.45, 7) is 3.53. The highest BCUT2D eigenvalue weighted by Crippen LogP contribution is 2.32. The first-order valence-electron chi connectivity index (χ1n) is 6.63. The minimum atomic E-state index is -0.712. The summed E-state index contributed by atoms with van der Waals surface area (Å²) in [6.07, 6.45) is 1.16. The third kappa shape index (κ3) is 2.82. The van der Waals surface area contributed by atoms with E-state index in [1.165, 1.54) is 25.4 Å². The fraction of sp³-hybridized carbons (Fsp3) is 0.286. The quantitative estimate of drug-likeness (QED) is 0.827. The van der Waals surface area contributed by atoms with E-state index in [0.29, 0.717) is 5.56 Å². The summed E-state index contributed by atoms with van der Waals surface area (Å²) < 4.78 is 1.98. The van der Waals surface area contributed by atoms with E-state index in [4.69, 9.17) is 5.73 Å². The normalized spacial score (nSPS) is 10.6. The van der Waals surface area contributed by atoms with Crippen LogP contribution in [0.1, 0.15) is 31.2 Å². The number of hydrogen-bond acceptors (Lipinski definition) is 5. The Labute approximate surface area is 135 Å². The van der Waals surface area contributed by atoms with Crippen LogP contribution in [0, 0.1) is 13.8 Å². The van der Waals surface area contributed by atoms with Gasteiger partial charge in [-0.05, 0) is 19.4 Å². The Morgan fingerprint density at radius 1 is 1.22 bits per heavy atom. The topological polar surface area (TPSA) is 116 Å². The highest BCUT2D eigenvalue weighted by molar-refractivity contribution is 7.16. The van der Waals surface area contributed by atoms with Crippen molar-refractivity contribution in [3.63, 3.8) is 0 Å². The molecule has 2 rings (SSSR count). The number of nitrogens with zero attached hydrogens (tertiary/aromatic N) is 2. The number of aromatic nitrogens is 2. The number of amides is 2. The lowest BCUT2D eigenvalue weighted by atomic mass is 10.1. The molecule has 0 aromatic carbocycles. The number of nitrogens with one attached hydrogen (secondary N) is 1. The van der Waals surface area contributed by atoms with E-state index < -0.39 is 23.1 Å². The Balaban J connectivity index is 2.50. The van der Waals surface area contributed by atoms with Crippen molar-refractivity contribution in [3.8, 4) is 0 Å². The highest BCUT2D eigenvalue weighted by atomic mass is 32.1. The van der Waals surface area contributed by atoms with E-state index in [-0.39, 0.29) is 16.1 Å². The number of thiophene rings is 1. The predicted molar refractivity (Wildman–Crippen MR) is 87.2 cm³/mol. The number of aryl methyl sites for hydroxylation is 2. The van der Waals surface area contributed by atoms with Crippen LogP contribution in [0.25, 0.3) is 0 Å². The number of anilines is 1. The standard InChI is InChI=1S/C14H16N4O4S/c1-6-7(2)23-12(9(6)10(15)19)16-11(20)8-5-17(3)14(22)18(4)13(8)21/h5H,1-4H3,(H2,15,19)(H,16,20). The van der Waals surface area contributed by atoms with Crippen molar-refractivity contribution in [1.82, 2.24) is 9.13 Å². The number of primary amides is 1. The van der Waals surface area contributed by atoms with E-state index in [1.54, 1.807) is 13.8 Å². The lowest BCUT2D eigenvalue weighted by Gasteiger charge is -2.07. The molecule has 0 saturated carbocycles. The number of rotatable bonds is 3. The molecule has 0 aliphatic rings. The van der Waals surface area contributed by atoms with Crippen molar-refractivity contribution in [2.75, 3.05) is 5.32 Å². The molecule has 0 unspecified atom stereocenters. The number of carbonyl (C=O) groups excluding carboxylic acids is 2. The molecule has 0 aliphatic carbocycles. The molecule has 0 atom stereocenters. The molecule has 2 amide bonds. The molecule has 0 saturated heterocycles. The van der Waals surface area contributed by atoms with Crippen LogP contribution in [-0.2, 0) is 14.1 Å². The SMILES string of the molecule is Cc1sc(NC(=O)c2cn(C)c(=O)n(C)c2=O)c(C(N)=O)c1C. The van der Waals surface area contributed by atoms with Crippen molar-refractivity contribution < 1.29 is 9.59 Å². The van der Waals surface area contributed by atoms with E-state index in [9.17, 15) is 19.2 Å². The van der Waals surface area contributed by atoms with Crippen molar-refractivity contribution in [2.24, 2.45) is 19.8 Å². The van der Waals surface area contributed by atoms with Gasteiger partial charge in [0.2, 0.25) is 0 Å². The van der Waals surface area contributed by atoms with Crippen LogP contribution in [0.15, 0.2) is 15.8 Å². The van der Waals surface area contributed by atoms with Crippen LogP contribution in [0.2, 0.25) is 0 Å². The summed E-state index contributed by atoms with van der Waals surface area (Å²) in [5, 5.41) is 2.82. The summed E-state index contributed by atoms with van der Waals surface area (Å²) in [6, 6.07) is 0. The molecule has 3 N–H and O–H groups in total. The maximum atomic E-state index is 12.4. The minimum absolute atomic E-state index is 0.200. The van der Waals surface area contributed by atoms with Gasteiger partial charge in [0.05, 0.1) is 5.56 Å². The Bertz CT molecular complexity index is 935. The Hall–Kier alpha value is -2.68. The average molecular weight is 336 g/mol. The van der Waals surface area contributed by atoms with Crippen LogP contribution in [0.5, 0.6) is 0 Å². The number of carbonyl (C=O) groups is 2. The molecule has 2 aromatic heterocycles. The van der Waals surface area contributed by atoms with Gasteiger partial charge < -0.3 is 15.6 Å². The van der Waals surface area contributed by atoms with Crippen molar-refractivity contribution >= 4 is 28.2 Å². The van der Waals surface area contributed by atoms with Crippen LogP contribution < -0.4 is 22.3 Å². The largest absolute Gasteiger partial charge is 0.365 e. The molecule has 0 spiro atoms. The van der Waals surface area contributed by atoms with Crippen LogP contribution in [0.3, 0.4) is 0 Å². The first kappa shape index (κ1) is 16.7. The molecular weight excluding hydrogens is 320 g/mol. The van der Waals surface area contributed by atoms with Gasteiger partial charge >= 0.3 is 5.69 Å². The first-order chi connectivity index (χ1) is 10.6. The molecule has 23 heavy (non-hydrogen) atoms. The molecule has 8 nitrogen and oxygen atoms in total. The molecule has 0 bridgehead atoms. The summed E-state index contributed by atoms with van der Waals surface area (Å²) in [5.74, 6) is -1.36. The zero-order chi connectivity index (χ0) is 17.5. The van der Waals surface area contributed by atoms with Gasteiger partial charge in [-0.25, -0.2) is 4.79 Å². The monoisotopic (exact) mass is 336 g/mol. The minimum Gasteiger partial charge on any atom is -0.365 e. The molecule has 2 aromatic rings. The third-order valence-electron chi connectivity index (χ3n) is 3.55. The van der Waals surface area contributed by atoms with E-state index >= 15 is 0 Å². The van der Waals surface area contributed by atoms with Gasteiger partial charge in [0.25, 0.3) is 17.4 Å². The molecule has 9 heteroatoms. The van der Waals surface area contributed by atoms with Gasteiger partial charge in [0.1, 0.15) is 10.6 Å². The summed E-state index contributed by atoms with van der Waals surface area (Å²) >= 11 is 1.20. The second-order valence-corrected chi connectivity index (χ2v) is 6.33. The Morgan fingerprint density at radius 2 is 1.83 bits per heavy atom. The van der Waals surface area contributed by atoms with Crippen LogP contribution in [0.4, 0.5) is 5.00 Å². The van der Waals surface area contributed by atoms with Gasteiger partial charge in [0.15, 0.2) is 0 Å². The Kier molecular flexibility index (Phi) is 4.24. The molecule has 122 valence electrons. The highest BCUT2D eigenvalue weighted by Gasteiger charge is 2.21. The van der Waals surface area contributed by atoms with Gasteiger partial charge in [-0.1, -0.05) is 0 Å². The fourth-order valence-electron chi connectivity index (χ4n) is 2.15. The Morgan fingerprint density at radius 3 is 2.39 bits per heavy atom. The molecule has 0 radical (unpaired) electrons. The molecule has 0 aliphatic heterocycles. The van der Waals surface area contributed by atoms with Crippen LogP contribution in [-0.4, -0.2) is 20.9 Å². The predicted octanol–water partition coefficient (Wildman–Crippen LogP) is 0.114. The maximum absolute atomic E-state index is 12.4. The molecule has 0 fully saturated rings. The molecule has 2 heterocycles. The smallest absolute Gasteiger partial charge is 0.330 e. The lowest BCUT2D eigenvalue weighted by molar-refractivity contribution is 0.100. The lowest BCUT2D eigenvalue weighted by Crippen LogP contribution is -2.40. The fourth-order valence-corrected chi connectivity index (χ4v) is 3.21. The molecular formula is C14H16N4O4S. The van der Waals surface area contributed by atoms with Gasteiger partial charge in [-0.3, -0.25) is 19.0 Å². The number of nitrogens with two attached hydrogens (primary N) is 1. The van der Waals surface area contributed by atoms with Gasteiger partial charge in [0, 0.05) is 25.2 Å². The third-order valence-corrected chi connectivity index (χ3v) is 4.67. The zero-order valence-corrected chi connectivity index (χ0v) is 13.9. The number of hydrogen-bond donors (Lipinski definition) is 2. The van der Waals surface area contributed by atoms with Gasteiger partial charge in [-0.15, -0.1) is 11.3 Å². The summed E-state index contributed by atoms with van der Waals surface area (Å²) in [7, 11) is 2.72. The first-order valence-corrected chi connectivity index (χ1v) is 7.44. The van der Waals surface area contributed by atoms with Crippen LogP contribution >= 0.6 is 11.3 Å². The van der Waals surface area contributed by atoms with Crippen molar-refractivity contribution in [2.45, 2.75) is 13.8 Å². The van der Waals surface area contributed by atoms with Crippen molar-refractivity contribution in [1.29, 1.82) is 0 Å². The second-order valence-electron chi connectivity index (χ2n) is 5.11. The van der Waals surface area contributed by atoms with E-state index in [0.717, 1.165) is 20.2 Å². The maximum Gasteiger partial charge on any atom is 0.330 e.